The van der Waals surface area contributed by atoms with Crippen molar-refractivity contribution in [2.24, 2.45) is 0 Å². The first kappa shape index (κ1) is 13.9. The average molecular weight is 293 g/mol. The number of para-hydroxylation sites is 1. The zero-order chi connectivity index (χ0) is 15.5. The molecule has 1 aliphatic rings. The second-order valence-electron chi connectivity index (χ2n) is 7.06. The fourth-order valence-electron chi connectivity index (χ4n) is 3.00. The Balaban J connectivity index is 1.79. The molecule has 4 heteroatoms. The summed E-state index contributed by atoms with van der Waals surface area (Å²) in [4.78, 5) is 3.47. The van der Waals surface area contributed by atoms with Gasteiger partial charge in [0.25, 0.3) is 0 Å². The highest BCUT2D eigenvalue weighted by Gasteiger charge is 2.51. The minimum Gasteiger partial charge on any atom is -0.399 e. The Kier molecular flexibility index (Phi) is 2.75. The van der Waals surface area contributed by atoms with Crippen LogP contribution in [0, 0.1) is 0 Å². The SMILES string of the molecule is CC1(C)OB(c2ccc3c(c2)[nH]c2ccccc23)OC1(C)C. The molecule has 1 saturated heterocycles. The van der Waals surface area contributed by atoms with E-state index >= 15 is 0 Å². The summed E-state index contributed by atoms with van der Waals surface area (Å²) in [6.07, 6.45) is 0. The first-order valence-electron chi connectivity index (χ1n) is 7.73. The first-order chi connectivity index (χ1) is 10.4. The molecule has 0 amide bonds. The van der Waals surface area contributed by atoms with E-state index in [0.717, 1.165) is 16.5 Å². The molecule has 0 unspecified atom stereocenters. The van der Waals surface area contributed by atoms with Gasteiger partial charge in [0, 0.05) is 21.8 Å². The summed E-state index contributed by atoms with van der Waals surface area (Å²) < 4.78 is 12.3. The molecular formula is C18H20BNO2. The van der Waals surface area contributed by atoms with Crippen LogP contribution in [-0.4, -0.2) is 23.3 Å². The lowest BCUT2D eigenvalue weighted by atomic mass is 9.79. The number of aromatic amines is 1. The average Bonchev–Trinajstić information content (AvgIpc) is 2.93. The van der Waals surface area contributed by atoms with Gasteiger partial charge in [-0.1, -0.05) is 30.3 Å². The van der Waals surface area contributed by atoms with Crippen LogP contribution in [0.25, 0.3) is 21.8 Å². The first-order valence-corrected chi connectivity index (χ1v) is 7.73. The van der Waals surface area contributed by atoms with Gasteiger partial charge >= 0.3 is 7.12 Å². The number of benzene rings is 2. The van der Waals surface area contributed by atoms with Gasteiger partial charge in [-0.3, -0.25) is 0 Å². The van der Waals surface area contributed by atoms with Gasteiger partial charge in [-0.2, -0.15) is 0 Å². The van der Waals surface area contributed by atoms with Crippen molar-refractivity contribution in [2.75, 3.05) is 0 Å². The maximum absolute atomic E-state index is 6.14. The quantitative estimate of drug-likeness (QED) is 0.695. The van der Waals surface area contributed by atoms with Crippen molar-refractivity contribution < 1.29 is 9.31 Å². The molecule has 1 aliphatic heterocycles. The molecule has 0 spiro atoms. The van der Waals surface area contributed by atoms with Crippen molar-refractivity contribution in [1.82, 2.24) is 4.98 Å². The van der Waals surface area contributed by atoms with Crippen LogP contribution in [-0.2, 0) is 9.31 Å². The lowest BCUT2D eigenvalue weighted by molar-refractivity contribution is 0.00578. The van der Waals surface area contributed by atoms with Crippen LogP contribution in [0.1, 0.15) is 27.7 Å². The number of H-pyrrole nitrogens is 1. The molecule has 112 valence electrons. The smallest absolute Gasteiger partial charge is 0.399 e. The van der Waals surface area contributed by atoms with Crippen molar-refractivity contribution >= 4 is 34.4 Å². The lowest BCUT2D eigenvalue weighted by Gasteiger charge is -2.32. The van der Waals surface area contributed by atoms with Gasteiger partial charge in [0.05, 0.1) is 11.2 Å². The molecule has 1 N–H and O–H groups in total. The molecule has 22 heavy (non-hydrogen) atoms. The third-order valence-electron chi connectivity index (χ3n) is 5.06. The van der Waals surface area contributed by atoms with Crippen molar-refractivity contribution in [3.8, 4) is 0 Å². The lowest BCUT2D eigenvalue weighted by Crippen LogP contribution is -2.41. The largest absolute Gasteiger partial charge is 0.494 e. The summed E-state index contributed by atoms with van der Waals surface area (Å²) in [5, 5.41) is 2.48. The summed E-state index contributed by atoms with van der Waals surface area (Å²) in [5.41, 5.74) is 2.70. The van der Waals surface area contributed by atoms with Crippen LogP contribution < -0.4 is 5.46 Å². The molecule has 0 atom stereocenters. The summed E-state index contributed by atoms with van der Waals surface area (Å²) in [6, 6.07) is 14.7. The number of fused-ring (bicyclic) bond motifs is 3. The monoisotopic (exact) mass is 293 g/mol. The maximum Gasteiger partial charge on any atom is 0.494 e. The van der Waals surface area contributed by atoms with E-state index in [0.29, 0.717) is 0 Å². The van der Waals surface area contributed by atoms with Crippen LogP contribution in [0.5, 0.6) is 0 Å². The van der Waals surface area contributed by atoms with Crippen LogP contribution in [0.2, 0.25) is 0 Å². The summed E-state index contributed by atoms with van der Waals surface area (Å²) >= 11 is 0. The molecule has 4 rings (SSSR count). The zero-order valence-electron chi connectivity index (χ0n) is 13.4. The van der Waals surface area contributed by atoms with Gasteiger partial charge in [-0.05, 0) is 45.3 Å². The van der Waals surface area contributed by atoms with Crippen molar-refractivity contribution in [3.63, 3.8) is 0 Å². The number of hydrogen-bond donors (Lipinski definition) is 1. The van der Waals surface area contributed by atoms with Crippen LogP contribution >= 0.6 is 0 Å². The molecule has 0 aliphatic carbocycles. The van der Waals surface area contributed by atoms with Gasteiger partial charge in [-0.15, -0.1) is 0 Å². The number of nitrogens with one attached hydrogen (secondary N) is 1. The molecule has 2 heterocycles. The van der Waals surface area contributed by atoms with Crippen molar-refractivity contribution in [2.45, 2.75) is 38.9 Å². The van der Waals surface area contributed by atoms with E-state index < -0.39 is 0 Å². The molecule has 3 nitrogen and oxygen atoms in total. The van der Waals surface area contributed by atoms with Crippen LogP contribution in [0.4, 0.5) is 0 Å². The highest BCUT2D eigenvalue weighted by molar-refractivity contribution is 6.62. The fraction of sp³-hybridized carbons (Fsp3) is 0.333. The third kappa shape index (κ3) is 1.91. The molecule has 1 fully saturated rings. The molecule has 0 radical (unpaired) electrons. The van der Waals surface area contributed by atoms with Crippen LogP contribution in [0.15, 0.2) is 42.5 Å². The summed E-state index contributed by atoms with van der Waals surface area (Å²) in [5.74, 6) is 0. The Morgan fingerprint density at radius 2 is 1.45 bits per heavy atom. The fourth-order valence-corrected chi connectivity index (χ4v) is 3.00. The second kappa shape index (κ2) is 4.37. The Hall–Kier alpha value is -1.78. The molecular weight excluding hydrogens is 273 g/mol. The minimum absolute atomic E-state index is 0.312. The van der Waals surface area contributed by atoms with Crippen molar-refractivity contribution in [1.29, 1.82) is 0 Å². The molecule has 1 aromatic heterocycles. The standard InChI is InChI=1S/C18H20BNO2/c1-17(2)18(3,4)22-19(21-17)12-9-10-14-13-7-5-6-8-15(13)20-16(14)11-12/h5-11,20H,1-4H3. The van der Waals surface area contributed by atoms with E-state index in [9.17, 15) is 0 Å². The van der Waals surface area contributed by atoms with E-state index in [1.54, 1.807) is 0 Å². The Labute approximate surface area is 130 Å². The highest BCUT2D eigenvalue weighted by Crippen LogP contribution is 2.36. The van der Waals surface area contributed by atoms with Gasteiger partial charge < -0.3 is 14.3 Å². The van der Waals surface area contributed by atoms with E-state index in [1.165, 1.54) is 10.8 Å². The highest BCUT2D eigenvalue weighted by atomic mass is 16.7. The van der Waals surface area contributed by atoms with E-state index in [1.807, 2.05) is 6.07 Å². The van der Waals surface area contributed by atoms with E-state index in [-0.39, 0.29) is 18.3 Å². The number of hydrogen-bond acceptors (Lipinski definition) is 2. The molecule has 0 saturated carbocycles. The Morgan fingerprint density at radius 3 is 2.18 bits per heavy atom. The normalized spacial score (nSPS) is 20.1. The predicted molar refractivity (Wildman–Crippen MR) is 91.5 cm³/mol. The van der Waals surface area contributed by atoms with Gasteiger partial charge in [0.15, 0.2) is 0 Å². The van der Waals surface area contributed by atoms with Crippen molar-refractivity contribution in [3.05, 3.63) is 42.5 Å². The Bertz CT molecular complexity index is 850. The van der Waals surface area contributed by atoms with Gasteiger partial charge in [0.1, 0.15) is 0 Å². The summed E-state index contributed by atoms with van der Waals surface area (Å²) in [7, 11) is -0.319. The van der Waals surface area contributed by atoms with Gasteiger partial charge in [-0.25, -0.2) is 0 Å². The summed E-state index contributed by atoms with van der Waals surface area (Å²) in [6.45, 7) is 8.31. The zero-order valence-corrected chi connectivity index (χ0v) is 13.4. The van der Waals surface area contributed by atoms with E-state index in [4.69, 9.17) is 9.31 Å². The van der Waals surface area contributed by atoms with Crippen LogP contribution in [0.3, 0.4) is 0 Å². The van der Waals surface area contributed by atoms with Gasteiger partial charge in [0.2, 0.25) is 0 Å². The Morgan fingerprint density at radius 1 is 0.818 bits per heavy atom. The minimum atomic E-state index is -0.319. The second-order valence-corrected chi connectivity index (χ2v) is 7.06. The third-order valence-corrected chi connectivity index (χ3v) is 5.06. The number of rotatable bonds is 1. The van der Waals surface area contributed by atoms with E-state index in [2.05, 4.69) is 69.1 Å². The topological polar surface area (TPSA) is 34.2 Å². The molecule has 3 aromatic rings. The maximum atomic E-state index is 6.14. The number of aromatic nitrogens is 1. The predicted octanol–water partition coefficient (Wildman–Crippen LogP) is 3.62. The molecule has 2 aromatic carbocycles. The molecule has 0 bridgehead atoms.